The molecule has 3 aromatic rings. The van der Waals surface area contributed by atoms with E-state index in [1.165, 1.54) is 36.4 Å². The van der Waals surface area contributed by atoms with E-state index in [1.807, 2.05) is 12.1 Å². The van der Waals surface area contributed by atoms with Gasteiger partial charge >= 0.3 is 0 Å². The number of methoxy groups -OCH3 is 1. The quantitative estimate of drug-likeness (QED) is 0.387. The summed E-state index contributed by atoms with van der Waals surface area (Å²) in [7, 11) is 1.57. The van der Waals surface area contributed by atoms with Crippen LogP contribution in [0.25, 0.3) is 0 Å². The lowest BCUT2D eigenvalue weighted by Crippen LogP contribution is -2.18. The van der Waals surface area contributed by atoms with Gasteiger partial charge in [0.1, 0.15) is 15.9 Å². The summed E-state index contributed by atoms with van der Waals surface area (Å²) in [4.78, 5) is 25.6. The molecule has 170 valence electrons. The van der Waals surface area contributed by atoms with E-state index in [2.05, 4.69) is 10.6 Å². The average molecular weight is 508 g/mol. The zero-order valence-electron chi connectivity index (χ0n) is 17.2. The standard InChI is InChI=1S/C24H18Cl3FN2O3/c1-33-17-9-2-13(3-10-17)20-21(24(20,26)27)23(32)30-16-8-11-19(25)18(12-16)22(31)29-15-6-4-14(28)5-7-15/h2-12,20-21H,1H3,(H,29,31)(H,30,32)/t20-,21+/m0/s1. The molecule has 0 radical (unpaired) electrons. The number of rotatable bonds is 6. The van der Waals surface area contributed by atoms with Gasteiger partial charge in [0.25, 0.3) is 5.91 Å². The maximum absolute atomic E-state index is 13.1. The number of hydrogen-bond donors (Lipinski definition) is 2. The minimum absolute atomic E-state index is 0.143. The molecule has 0 saturated heterocycles. The number of hydrogen-bond acceptors (Lipinski definition) is 3. The highest BCUT2D eigenvalue weighted by Crippen LogP contribution is 2.65. The van der Waals surface area contributed by atoms with Crippen LogP contribution < -0.4 is 15.4 Å². The molecule has 5 nitrogen and oxygen atoms in total. The minimum atomic E-state index is -1.26. The molecule has 2 N–H and O–H groups in total. The van der Waals surface area contributed by atoms with E-state index in [0.717, 1.165) is 5.56 Å². The van der Waals surface area contributed by atoms with Crippen LogP contribution in [-0.4, -0.2) is 23.3 Å². The number of alkyl halides is 2. The predicted molar refractivity (Wildman–Crippen MR) is 128 cm³/mol. The molecule has 3 aromatic carbocycles. The smallest absolute Gasteiger partial charge is 0.257 e. The van der Waals surface area contributed by atoms with E-state index in [-0.39, 0.29) is 22.4 Å². The van der Waals surface area contributed by atoms with Gasteiger partial charge in [-0.25, -0.2) is 4.39 Å². The molecule has 2 amide bonds. The van der Waals surface area contributed by atoms with Crippen molar-refractivity contribution in [1.82, 2.24) is 0 Å². The van der Waals surface area contributed by atoms with Crippen LogP contribution in [0.1, 0.15) is 21.8 Å². The molecule has 1 fully saturated rings. The van der Waals surface area contributed by atoms with Crippen LogP contribution in [0.5, 0.6) is 5.75 Å². The molecule has 0 aromatic heterocycles. The van der Waals surface area contributed by atoms with Crippen molar-refractivity contribution < 1.29 is 18.7 Å². The van der Waals surface area contributed by atoms with Crippen molar-refractivity contribution in [2.24, 2.45) is 5.92 Å². The summed E-state index contributed by atoms with van der Waals surface area (Å²) >= 11 is 19.0. The molecule has 2 atom stereocenters. The van der Waals surface area contributed by atoms with Crippen molar-refractivity contribution in [3.05, 3.63) is 88.7 Å². The first-order valence-electron chi connectivity index (χ1n) is 9.90. The number of ether oxygens (including phenoxy) is 1. The molecule has 33 heavy (non-hydrogen) atoms. The van der Waals surface area contributed by atoms with Gasteiger partial charge in [-0.3, -0.25) is 9.59 Å². The number of halogens is 4. The van der Waals surface area contributed by atoms with Crippen molar-refractivity contribution in [3.8, 4) is 5.75 Å². The van der Waals surface area contributed by atoms with E-state index in [4.69, 9.17) is 39.5 Å². The van der Waals surface area contributed by atoms with Gasteiger partial charge in [0, 0.05) is 17.3 Å². The Morgan fingerprint density at radius 1 is 0.939 bits per heavy atom. The first-order chi connectivity index (χ1) is 15.7. The fraction of sp³-hybridized carbons (Fsp3) is 0.167. The lowest BCUT2D eigenvalue weighted by atomic mass is 10.1. The van der Waals surface area contributed by atoms with Gasteiger partial charge in [0.15, 0.2) is 0 Å². The molecule has 0 heterocycles. The van der Waals surface area contributed by atoms with Gasteiger partial charge in [0.05, 0.1) is 23.6 Å². The second-order valence-corrected chi connectivity index (χ2v) is 9.40. The topological polar surface area (TPSA) is 67.4 Å². The van der Waals surface area contributed by atoms with E-state index in [0.29, 0.717) is 17.1 Å². The number of benzene rings is 3. The second kappa shape index (κ2) is 9.21. The average Bonchev–Trinajstić information content (AvgIpc) is 3.38. The maximum atomic E-state index is 13.1. The zero-order valence-corrected chi connectivity index (χ0v) is 19.5. The first-order valence-corrected chi connectivity index (χ1v) is 11.0. The van der Waals surface area contributed by atoms with Crippen molar-refractivity contribution in [2.45, 2.75) is 10.3 Å². The fourth-order valence-electron chi connectivity index (χ4n) is 3.61. The van der Waals surface area contributed by atoms with E-state index in [9.17, 15) is 14.0 Å². The number of carbonyl (C=O) groups is 2. The summed E-state index contributed by atoms with van der Waals surface area (Å²) in [6.07, 6.45) is 0. The number of nitrogens with one attached hydrogen (secondary N) is 2. The highest BCUT2D eigenvalue weighted by atomic mass is 35.5. The number of amides is 2. The van der Waals surface area contributed by atoms with Crippen LogP contribution in [0, 0.1) is 11.7 Å². The molecule has 9 heteroatoms. The van der Waals surface area contributed by atoms with Crippen LogP contribution in [-0.2, 0) is 4.79 Å². The highest BCUT2D eigenvalue weighted by Gasteiger charge is 2.67. The predicted octanol–water partition coefficient (Wildman–Crippen LogP) is 6.27. The monoisotopic (exact) mass is 506 g/mol. The van der Waals surface area contributed by atoms with Crippen LogP contribution in [0.2, 0.25) is 5.02 Å². The summed E-state index contributed by atoms with van der Waals surface area (Å²) in [6.45, 7) is 0. The molecule has 1 saturated carbocycles. The summed E-state index contributed by atoms with van der Waals surface area (Å²) in [5, 5.41) is 5.59. The van der Waals surface area contributed by atoms with Crippen molar-refractivity contribution in [2.75, 3.05) is 17.7 Å². The lowest BCUT2D eigenvalue weighted by Gasteiger charge is -2.10. The van der Waals surface area contributed by atoms with E-state index < -0.39 is 22.0 Å². The molecule has 0 spiro atoms. The van der Waals surface area contributed by atoms with Crippen LogP contribution in [0.3, 0.4) is 0 Å². The Balaban J connectivity index is 1.48. The third kappa shape index (κ3) is 4.93. The highest BCUT2D eigenvalue weighted by molar-refractivity contribution is 6.53. The Bertz CT molecular complexity index is 1200. The van der Waals surface area contributed by atoms with Crippen molar-refractivity contribution >= 4 is 58.0 Å². The normalized spacial score (nSPS) is 18.3. The molecule has 1 aliphatic carbocycles. The molecular weight excluding hydrogens is 490 g/mol. The van der Waals surface area contributed by atoms with Gasteiger partial charge in [0.2, 0.25) is 5.91 Å². The third-order valence-corrected chi connectivity index (χ3v) is 6.66. The Morgan fingerprint density at radius 3 is 2.21 bits per heavy atom. The van der Waals surface area contributed by atoms with Crippen LogP contribution in [0.4, 0.5) is 15.8 Å². The molecule has 1 aliphatic rings. The van der Waals surface area contributed by atoms with Crippen molar-refractivity contribution in [3.63, 3.8) is 0 Å². The van der Waals surface area contributed by atoms with Gasteiger partial charge < -0.3 is 15.4 Å². The number of carbonyl (C=O) groups excluding carboxylic acids is 2. The Kier molecular flexibility index (Phi) is 6.52. The number of anilines is 2. The molecule has 0 aliphatic heterocycles. The summed E-state index contributed by atoms with van der Waals surface area (Å²) in [5.41, 5.74) is 1.72. The summed E-state index contributed by atoms with van der Waals surface area (Å²) in [5.74, 6) is -1.69. The largest absolute Gasteiger partial charge is 0.497 e. The SMILES string of the molecule is COc1ccc([C@H]2[C@H](C(=O)Nc3ccc(Cl)c(C(=O)Nc4ccc(F)cc4)c3)C2(Cl)Cl)cc1. The summed E-state index contributed by atoms with van der Waals surface area (Å²) < 4.78 is 17.0. The molecular formula is C24H18Cl3FN2O3. The molecule has 0 unspecified atom stereocenters. The van der Waals surface area contributed by atoms with Gasteiger partial charge in [-0.05, 0) is 60.2 Å². The minimum Gasteiger partial charge on any atom is -0.497 e. The third-order valence-electron chi connectivity index (χ3n) is 5.39. The summed E-state index contributed by atoms with van der Waals surface area (Å²) in [6, 6.07) is 17.0. The lowest BCUT2D eigenvalue weighted by molar-refractivity contribution is -0.117. The Hall–Kier alpha value is -2.80. The Morgan fingerprint density at radius 2 is 1.58 bits per heavy atom. The second-order valence-electron chi connectivity index (χ2n) is 7.55. The molecule has 0 bridgehead atoms. The fourth-order valence-corrected chi connectivity index (χ4v) is 4.64. The van der Waals surface area contributed by atoms with E-state index >= 15 is 0 Å². The Labute approximate surface area is 204 Å². The first kappa shape index (κ1) is 23.4. The van der Waals surface area contributed by atoms with Gasteiger partial charge in [-0.2, -0.15) is 0 Å². The van der Waals surface area contributed by atoms with Gasteiger partial charge in [-0.15, -0.1) is 23.2 Å². The zero-order chi connectivity index (χ0) is 23.8. The van der Waals surface area contributed by atoms with Crippen LogP contribution >= 0.6 is 34.8 Å². The van der Waals surface area contributed by atoms with E-state index in [1.54, 1.807) is 25.3 Å². The molecule has 4 rings (SSSR count). The maximum Gasteiger partial charge on any atom is 0.257 e. The van der Waals surface area contributed by atoms with Crippen LogP contribution in [0.15, 0.2) is 66.7 Å². The van der Waals surface area contributed by atoms with Crippen molar-refractivity contribution in [1.29, 1.82) is 0 Å². The van der Waals surface area contributed by atoms with Gasteiger partial charge in [-0.1, -0.05) is 23.7 Å².